The quantitative estimate of drug-likeness (QED) is 0.939. The molecule has 6 heteroatoms. The normalized spacial score (nSPS) is 11.1. The predicted octanol–water partition coefficient (Wildman–Crippen LogP) is 2.08. The van der Waals surface area contributed by atoms with Gasteiger partial charge in [0.15, 0.2) is 0 Å². The van der Waals surface area contributed by atoms with Gasteiger partial charge in [-0.25, -0.2) is 4.98 Å². The molecule has 17 heavy (non-hydrogen) atoms. The number of aromatic nitrogens is 3. The second kappa shape index (κ2) is 5.01. The minimum atomic E-state index is 0.616. The lowest BCUT2D eigenvalue weighted by Gasteiger charge is -2.03. The van der Waals surface area contributed by atoms with Crippen molar-refractivity contribution in [3.05, 3.63) is 33.7 Å². The summed E-state index contributed by atoms with van der Waals surface area (Å²) >= 11 is 3.53. The second-order valence-corrected chi connectivity index (χ2v) is 4.73. The van der Waals surface area contributed by atoms with Gasteiger partial charge < -0.3 is 9.73 Å². The lowest BCUT2D eigenvalue weighted by atomic mass is 10.3. The standard InChI is InChI=1S/C11H15BrN4O/c1-7-4-14-10(17-7)6-13-5-9-11(12)8(2)15-16(9)3/h4,13H,5-6H2,1-3H3. The predicted molar refractivity (Wildman–Crippen MR) is 67.4 cm³/mol. The van der Waals surface area contributed by atoms with Gasteiger partial charge >= 0.3 is 0 Å². The molecule has 0 aromatic carbocycles. The average molecular weight is 299 g/mol. The molecule has 0 spiro atoms. The lowest BCUT2D eigenvalue weighted by Crippen LogP contribution is -2.15. The second-order valence-electron chi connectivity index (χ2n) is 3.94. The van der Waals surface area contributed by atoms with Crippen LogP contribution in [0.2, 0.25) is 0 Å². The highest BCUT2D eigenvalue weighted by Gasteiger charge is 2.10. The number of aryl methyl sites for hydroxylation is 3. The number of halogens is 1. The first-order chi connectivity index (χ1) is 8.08. The Balaban J connectivity index is 1.94. The van der Waals surface area contributed by atoms with Crippen molar-refractivity contribution < 1.29 is 4.42 Å². The summed E-state index contributed by atoms with van der Waals surface area (Å²) in [4.78, 5) is 4.13. The summed E-state index contributed by atoms with van der Waals surface area (Å²) in [6.07, 6.45) is 1.72. The highest BCUT2D eigenvalue weighted by Crippen LogP contribution is 2.19. The molecule has 0 radical (unpaired) electrons. The smallest absolute Gasteiger partial charge is 0.208 e. The van der Waals surface area contributed by atoms with Gasteiger partial charge in [-0.1, -0.05) is 0 Å². The molecule has 1 N–H and O–H groups in total. The largest absolute Gasteiger partial charge is 0.445 e. The topological polar surface area (TPSA) is 55.9 Å². The maximum atomic E-state index is 5.38. The molecule has 0 atom stereocenters. The first-order valence-corrected chi connectivity index (χ1v) is 6.17. The van der Waals surface area contributed by atoms with Crippen LogP contribution < -0.4 is 5.32 Å². The maximum absolute atomic E-state index is 5.38. The van der Waals surface area contributed by atoms with Crippen LogP contribution in [0.15, 0.2) is 15.1 Å². The van der Waals surface area contributed by atoms with Crippen molar-refractivity contribution in [2.24, 2.45) is 7.05 Å². The van der Waals surface area contributed by atoms with Gasteiger partial charge in [-0.15, -0.1) is 0 Å². The van der Waals surface area contributed by atoms with Crippen LogP contribution in [0.1, 0.15) is 23.0 Å². The van der Waals surface area contributed by atoms with Crippen LogP contribution in [-0.2, 0) is 20.1 Å². The van der Waals surface area contributed by atoms with Gasteiger partial charge in [0.2, 0.25) is 5.89 Å². The number of nitrogens with zero attached hydrogens (tertiary/aromatic N) is 3. The Kier molecular flexibility index (Phi) is 3.63. The Morgan fingerprint density at radius 3 is 2.71 bits per heavy atom. The van der Waals surface area contributed by atoms with Crippen LogP contribution in [0.3, 0.4) is 0 Å². The van der Waals surface area contributed by atoms with Crippen molar-refractivity contribution in [2.75, 3.05) is 0 Å². The number of hydrogen-bond acceptors (Lipinski definition) is 4. The van der Waals surface area contributed by atoms with Crippen LogP contribution in [0, 0.1) is 13.8 Å². The molecule has 0 aliphatic heterocycles. The molecule has 2 rings (SSSR count). The minimum absolute atomic E-state index is 0.616. The van der Waals surface area contributed by atoms with E-state index in [0.29, 0.717) is 12.4 Å². The summed E-state index contributed by atoms with van der Waals surface area (Å²) in [6.45, 7) is 5.20. The minimum Gasteiger partial charge on any atom is -0.445 e. The summed E-state index contributed by atoms with van der Waals surface area (Å²) in [7, 11) is 1.93. The van der Waals surface area contributed by atoms with E-state index in [1.165, 1.54) is 0 Å². The zero-order valence-electron chi connectivity index (χ0n) is 10.1. The Morgan fingerprint density at radius 2 is 2.18 bits per heavy atom. The van der Waals surface area contributed by atoms with E-state index >= 15 is 0 Å². The van der Waals surface area contributed by atoms with Gasteiger partial charge in [0.25, 0.3) is 0 Å². The van der Waals surface area contributed by atoms with Gasteiger partial charge in [0, 0.05) is 13.6 Å². The molecule has 0 aliphatic carbocycles. The van der Waals surface area contributed by atoms with E-state index in [0.717, 1.165) is 28.2 Å². The molecule has 0 saturated heterocycles. The van der Waals surface area contributed by atoms with E-state index in [1.807, 2.05) is 25.6 Å². The van der Waals surface area contributed by atoms with Crippen molar-refractivity contribution in [3.8, 4) is 0 Å². The third-order valence-electron chi connectivity index (χ3n) is 2.50. The summed E-state index contributed by atoms with van der Waals surface area (Å²) in [6, 6.07) is 0. The highest BCUT2D eigenvalue weighted by atomic mass is 79.9. The van der Waals surface area contributed by atoms with E-state index in [2.05, 4.69) is 31.3 Å². The number of rotatable bonds is 4. The Morgan fingerprint density at radius 1 is 1.41 bits per heavy atom. The SMILES string of the molecule is Cc1cnc(CNCc2c(Br)c(C)nn2C)o1. The van der Waals surface area contributed by atoms with Crippen LogP contribution in [0.5, 0.6) is 0 Å². The van der Waals surface area contributed by atoms with Crippen molar-refractivity contribution in [3.63, 3.8) is 0 Å². The molecule has 0 unspecified atom stereocenters. The number of oxazole rings is 1. The molecular formula is C11H15BrN4O. The molecule has 0 aliphatic rings. The fraction of sp³-hybridized carbons (Fsp3) is 0.455. The third-order valence-corrected chi connectivity index (χ3v) is 3.53. The Bertz CT molecular complexity index is 518. The summed E-state index contributed by atoms with van der Waals surface area (Å²) in [5, 5.41) is 7.61. The molecule has 5 nitrogen and oxygen atoms in total. The summed E-state index contributed by atoms with van der Waals surface area (Å²) in [5.74, 6) is 1.54. The van der Waals surface area contributed by atoms with Crippen molar-refractivity contribution >= 4 is 15.9 Å². The third kappa shape index (κ3) is 2.76. The van der Waals surface area contributed by atoms with E-state index in [1.54, 1.807) is 6.20 Å². The highest BCUT2D eigenvalue weighted by molar-refractivity contribution is 9.10. The monoisotopic (exact) mass is 298 g/mol. The van der Waals surface area contributed by atoms with Crippen LogP contribution in [-0.4, -0.2) is 14.8 Å². The lowest BCUT2D eigenvalue weighted by molar-refractivity contribution is 0.446. The van der Waals surface area contributed by atoms with Crippen molar-refractivity contribution in [2.45, 2.75) is 26.9 Å². The van der Waals surface area contributed by atoms with E-state index in [-0.39, 0.29) is 0 Å². The zero-order chi connectivity index (χ0) is 12.4. The fourth-order valence-electron chi connectivity index (χ4n) is 1.64. The van der Waals surface area contributed by atoms with Gasteiger partial charge in [-0.3, -0.25) is 4.68 Å². The summed E-state index contributed by atoms with van der Waals surface area (Å²) in [5.41, 5.74) is 2.11. The van der Waals surface area contributed by atoms with Crippen molar-refractivity contribution in [1.82, 2.24) is 20.1 Å². The average Bonchev–Trinajstić information content (AvgIpc) is 2.78. The van der Waals surface area contributed by atoms with Crippen LogP contribution >= 0.6 is 15.9 Å². The van der Waals surface area contributed by atoms with Gasteiger partial charge in [-0.2, -0.15) is 5.10 Å². The van der Waals surface area contributed by atoms with Gasteiger partial charge in [0.05, 0.1) is 28.6 Å². The van der Waals surface area contributed by atoms with Crippen LogP contribution in [0.4, 0.5) is 0 Å². The first-order valence-electron chi connectivity index (χ1n) is 5.38. The van der Waals surface area contributed by atoms with E-state index in [4.69, 9.17) is 4.42 Å². The van der Waals surface area contributed by atoms with Gasteiger partial charge in [0.1, 0.15) is 5.76 Å². The van der Waals surface area contributed by atoms with E-state index in [9.17, 15) is 0 Å². The Labute approximate surface area is 108 Å². The molecule has 0 fully saturated rings. The molecule has 2 aromatic heterocycles. The molecule has 0 amide bonds. The maximum Gasteiger partial charge on any atom is 0.208 e. The molecular weight excluding hydrogens is 284 g/mol. The van der Waals surface area contributed by atoms with Gasteiger partial charge in [-0.05, 0) is 29.8 Å². The molecule has 2 heterocycles. The molecule has 92 valence electrons. The molecule has 0 bridgehead atoms. The fourth-order valence-corrected chi connectivity index (χ4v) is 2.12. The first kappa shape index (κ1) is 12.3. The number of hydrogen-bond donors (Lipinski definition) is 1. The summed E-state index contributed by atoms with van der Waals surface area (Å²) < 4.78 is 8.30. The van der Waals surface area contributed by atoms with E-state index < -0.39 is 0 Å². The van der Waals surface area contributed by atoms with Crippen LogP contribution in [0.25, 0.3) is 0 Å². The number of nitrogens with one attached hydrogen (secondary N) is 1. The molecule has 2 aromatic rings. The van der Waals surface area contributed by atoms with Crippen molar-refractivity contribution in [1.29, 1.82) is 0 Å². The Hall–Kier alpha value is -1.14. The zero-order valence-corrected chi connectivity index (χ0v) is 11.7. The molecule has 0 saturated carbocycles.